The van der Waals surface area contributed by atoms with Crippen LogP contribution < -0.4 is 0 Å². The van der Waals surface area contributed by atoms with Gasteiger partial charge in [0.25, 0.3) is 0 Å². The van der Waals surface area contributed by atoms with E-state index in [1.807, 2.05) is 12.4 Å². The van der Waals surface area contributed by atoms with Crippen LogP contribution in [0.25, 0.3) is 0 Å². The fraction of sp³-hybridized carbons (Fsp3) is 0.708. The minimum Gasteiger partial charge on any atom is -0.373 e. The van der Waals surface area contributed by atoms with Gasteiger partial charge in [-0.15, -0.1) is 0 Å². The second-order valence-electron chi connectivity index (χ2n) is 9.23. The fourth-order valence-corrected chi connectivity index (χ4v) is 5.62. The molecule has 0 aromatic carbocycles. The Morgan fingerprint density at radius 2 is 1.96 bits per heavy atom. The fourth-order valence-electron chi connectivity index (χ4n) is 5.62. The van der Waals surface area contributed by atoms with Gasteiger partial charge in [0, 0.05) is 12.4 Å². The van der Waals surface area contributed by atoms with Gasteiger partial charge in [0.2, 0.25) is 0 Å². The average Bonchev–Trinajstić information content (AvgIpc) is 2.65. The molecule has 0 N–H and O–H groups in total. The Hall–Kier alpha value is -1.15. The van der Waals surface area contributed by atoms with E-state index in [1.165, 1.54) is 31.2 Å². The van der Waals surface area contributed by atoms with E-state index in [-0.39, 0.29) is 0 Å². The molecule has 144 valence electrons. The van der Waals surface area contributed by atoms with Crippen molar-refractivity contribution in [3.63, 3.8) is 0 Å². The molecule has 0 spiro atoms. The van der Waals surface area contributed by atoms with Gasteiger partial charge in [-0.3, -0.25) is 4.98 Å². The number of allylic oxidation sites excluding steroid dienone is 1. The highest BCUT2D eigenvalue weighted by atomic mass is 16.5. The molecule has 1 aromatic rings. The highest BCUT2D eigenvalue weighted by Gasteiger charge is 2.49. The molecule has 2 heteroatoms. The lowest BCUT2D eigenvalue weighted by Crippen LogP contribution is -2.46. The average molecular weight is 356 g/mol. The molecular weight excluding hydrogens is 318 g/mol. The highest BCUT2D eigenvalue weighted by Crippen LogP contribution is 2.57. The van der Waals surface area contributed by atoms with E-state index < -0.39 is 0 Å². The van der Waals surface area contributed by atoms with Crippen LogP contribution in [-0.2, 0) is 11.3 Å². The maximum Gasteiger partial charge on any atom is 0.0721 e. The van der Waals surface area contributed by atoms with Crippen LogP contribution >= 0.6 is 0 Å². The number of nitrogens with zero attached hydrogens (tertiary/aromatic N) is 1. The summed E-state index contributed by atoms with van der Waals surface area (Å²) in [4.78, 5) is 4.09. The quantitative estimate of drug-likeness (QED) is 0.549. The monoisotopic (exact) mass is 355 g/mol. The van der Waals surface area contributed by atoms with Gasteiger partial charge in [0.05, 0.1) is 12.7 Å². The smallest absolute Gasteiger partial charge is 0.0721 e. The Bertz CT molecular complexity index is 608. The van der Waals surface area contributed by atoms with Crippen molar-refractivity contribution in [3.05, 3.63) is 41.7 Å². The number of rotatable bonds is 6. The Kier molecular flexibility index (Phi) is 6.22. The summed E-state index contributed by atoms with van der Waals surface area (Å²) in [6, 6.07) is 4.11. The predicted molar refractivity (Wildman–Crippen MR) is 109 cm³/mol. The summed E-state index contributed by atoms with van der Waals surface area (Å²) in [6.45, 7) is 13.0. The molecule has 3 unspecified atom stereocenters. The molecule has 1 saturated carbocycles. The van der Waals surface area contributed by atoms with Crippen LogP contribution in [0.1, 0.15) is 72.3 Å². The van der Waals surface area contributed by atoms with E-state index in [9.17, 15) is 0 Å². The van der Waals surface area contributed by atoms with Gasteiger partial charge in [-0.2, -0.15) is 0 Å². The van der Waals surface area contributed by atoms with Gasteiger partial charge in [0.15, 0.2) is 0 Å². The molecule has 0 saturated heterocycles. The highest BCUT2D eigenvalue weighted by molar-refractivity contribution is 5.24. The molecule has 0 amide bonds. The largest absolute Gasteiger partial charge is 0.373 e. The predicted octanol–water partition coefficient (Wildman–Crippen LogP) is 6.42. The second kappa shape index (κ2) is 8.25. The van der Waals surface area contributed by atoms with E-state index in [0.29, 0.717) is 18.1 Å². The number of aromatic nitrogens is 1. The molecule has 0 bridgehead atoms. The molecule has 2 aliphatic carbocycles. The molecule has 5 atom stereocenters. The van der Waals surface area contributed by atoms with E-state index in [4.69, 9.17) is 4.74 Å². The first-order valence-electron chi connectivity index (χ1n) is 10.7. The topological polar surface area (TPSA) is 22.1 Å². The van der Waals surface area contributed by atoms with Gasteiger partial charge in [-0.25, -0.2) is 0 Å². The normalized spacial score (nSPS) is 32.8. The maximum absolute atomic E-state index is 6.29. The first-order chi connectivity index (χ1) is 12.5. The number of hydrogen-bond acceptors (Lipinski definition) is 2. The van der Waals surface area contributed by atoms with Crippen LogP contribution in [0.4, 0.5) is 0 Å². The molecule has 2 aliphatic rings. The summed E-state index contributed by atoms with van der Waals surface area (Å²) in [5, 5.41) is 0. The van der Waals surface area contributed by atoms with Crippen LogP contribution in [0.5, 0.6) is 0 Å². The van der Waals surface area contributed by atoms with Crippen molar-refractivity contribution >= 4 is 0 Å². The summed E-state index contributed by atoms with van der Waals surface area (Å²) >= 11 is 0. The van der Waals surface area contributed by atoms with Gasteiger partial charge in [-0.1, -0.05) is 52.7 Å². The van der Waals surface area contributed by atoms with Gasteiger partial charge >= 0.3 is 0 Å². The summed E-state index contributed by atoms with van der Waals surface area (Å²) in [5.74, 6) is 3.20. The van der Waals surface area contributed by atoms with Crippen LogP contribution in [0.3, 0.4) is 0 Å². The Morgan fingerprint density at radius 1 is 1.23 bits per heavy atom. The molecule has 1 aromatic heterocycles. The lowest BCUT2D eigenvalue weighted by molar-refractivity contribution is -0.0256. The lowest BCUT2D eigenvalue weighted by atomic mass is 9.52. The zero-order valence-corrected chi connectivity index (χ0v) is 17.4. The Balaban J connectivity index is 1.72. The first-order valence-corrected chi connectivity index (χ1v) is 10.7. The van der Waals surface area contributed by atoms with Gasteiger partial charge < -0.3 is 4.74 Å². The summed E-state index contributed by atoms with van der Waals surface area (Å²) < 4.78 is 6.29. The molecular formula is C24H37NO. The molecule has 26 heavy (non-hydrogen) atoms. The van der Waals surface area contributed by atoms with E-state index in [1.54, 1.807) is 5.57 Å². The number of hydrogen-bond donors (Lipinski definition) is 0. The van der Waals surface area contributed by atoms with Crippen molar-refractivity contribution in [2.45, 2.75) is 79.4 Å². The van der Waals surface area contributed by atoms with Crippen LogP contribution in [0, 0.1) is 29.1 Å². The molecule has 2 nitrogen and oxygen atoms in total. The number of pyridine rings is 1. The lowest BCUT2D eigenvalue weighted by Gasteiger charge is -2.54. The van der Waals surface area contributed by atoms with E-state index in [2.05, 4.69) is 57.8 Å². The molecule has 3 rings (SSSR count). The van der Waals surface area contributed by atoms with Gasteiger partial charge in [-0.05, 0) is 72.5 Å². The zero-order valence-electron chi connectivity index (χ0n) is 17.4. The third-order valence-corrected chi connectivity index (χ3v) is 7.35. The van der Waals surface area contributed by atoms with Crippen molar-refractivity contribution in [1.82, 2.24) is 4.98 Å². The zero-order chi connectivity index (χ0) is 18.7. The maximum atomic E-state index is 6.29. The van der Waals surface area contributed by atoms with Crippen molar-refractivity contribution in [1.29, 1.82) is 0 Å². The van der Waals surface area contributed by atoms with E-state index >= 15 is 0 Å². The summed E-state index contributed by atoms with van der Waals surface area (Å²) in [7, 11) is 0. The van der Waals surface area contributed by atoms with Crippen molar-refractivity contribution in [2.24, 2.45) is 29.1 Å². The Morgan fingerprint density at radius 3 is 2.62 bits per heavy atom. The Labute approximate surface area is 160 Å². The first kappa shape index (κ1) is 19.6. The van der Waals surface area contributed by atoms with Crippen LogP contribution in [0.2, 0.25) is 0 Å². The van der Waals surface area contributed by atoms with Crippen molar-refractivity contribution in [2.75, 3.05) is 0 Å². The third kappa shape index (κ3) is 3.91. The van der Waals surface area contributed by atoms with Crippen molar-refractivity contribution < 1.29 is 4.74 Å². The standard InChI is InChI=1S/C24H37NO/c1-6-18(4)23-22(17(2)3)8-7-20-15-21(9-12-24(20,23)5)26-16-19-10-13-25-14-11-19/h7,10-11,13-14,17-18,21-23H,6,8-9,12,15-16H2,1-5H3/t18?,21-,22?,23?,24-/m0/s1. The van der Waals surface area contributed by atoms with Crippen LogP contribution in [0.15, 0.2) is 36.2 Å². The number of fused-ring (bicyclic) bond motifs is 1. The van der Waals surface area contributed by atoms with Gasteiger partial charge in [0.1, 0.15) is 0 Å². The van der Waals surface area contributed by atoms with Crippen LogP contribution in [-0.4, -0.2) is 11.1 Å². The second-order valence-corrected chi connectivity index (χ2v) is 9.23. The summed E-state index contributed by atoms with van der Waals surface area (Å²) in [5.41, 5.74) is 3.29. The summed E-state index contributed by atoms with van der Waals surface area (Å²) in [6.07, 6.45) is 12.8. The molecule has 1 fully saturated rings. The minimum absolute atomic E-state index is 0.371. The van der Waals surface area contributed by atoms with Crippen molar-refractivity contribution in [3.8, 4) is 0 Å². The molecule has 0 aliphatic heterocycles. The number of ether oxygens (including phenoxy) is 1. The van der Waals surface area contributed by atoms with E-state index in [0.717, 1.165) is 30.1 Å². The molecule has 0 radical (unpaired) electrons. The molecule has 1 heterocycles. The third-order valence-electron chi connectivity index (χ3n) is 7.35. The SMILES string of the molecule is CCC(C)C1C(C(C)C)CC=C2C[C@@H](OCc3ccncc3)CC[C@@]21C. The minimum atomic E-state index is 0.371.